The molecule has 2 atom stereocenters. The van der Waals surface area contributed by atoms with E-state index in [1.807, 2.05) is 0 Å². The maximum absolute atomic E-state index is 11.5. The molecule has 2 amide bonds. The third kappa shape index (κ3) is 10.2. The van der Waals surface area contributed by atoms with E-state index >= 15 is 0 Å². The van der Waals surface area contributed by atoms with Gasteiger partial charge in [-0.1, -0.05) is 6.42 Å². The van der Waals surface area contributed by atoms with Crippen LogP contribution in [0.15, 0.2) is 0 Å². The van der Waals surface area contributed by atoms with Gasteiger partial charge in [0.1, 0.15) is 12.6 Å². The molecular weight excluding hydrogens is 264 g/mol. The first-order valence-electron chi connectivity index (χ1n) is 6.44. The van der Waals surface area contributed by atoms with Gasteiger partial charge < -0.3 is 26.4 Å². The Balaban J connectivity index is 3.71. The summed E-state index contributed by atoms with van der Waals surface area (Å²) in [6.07, 6.45) is 3.44. The third-order valence-corrected chi connectivity index (χ3v) is 2.59. The van der Waals surface area contributed by atoms with Crippen LogP contribution in [0.3, 0.4) is 0 Å². The summed E-state index contributed by atoms with van der Waals surface area (Å²) in [6.45, 7) is -0.0215. The molecule has 0 saturated carbocycles. The molecular formula is C12H22N4O4. The van der Waals surface area contributed by atoms with Gasteiger partial charge >= 0.3 is 0 Å². The van der Waals surface area contributed by atoms with Crippen molar-refractivity contribution in [2.75, 3.05) is 13.1 Å². The van der Waals surface area contributed by atoms with Gasteiger partial charge in [0.2, 0.25) is 11.8 Å². The highest BCUT2D eigenvalue weighted by Crippen LogP contribution is 2.01. The second kappa shape index (κ2) is 11.1. The highest BCUT2D eigenvalue weighted by Gasteiger charge is 2.10. The minimum Gasteiger partial charge on any atom is -0.369 e. The van der Waals surface area contributed by atoms with Crippen molar-refractivity contribution in [3.05, 3.63) is 0 Å². The molecule has 0 aliphatic heterocycles. The van der Waals surface area contributed by atoms with Crippen LogP contribution < -0.4 is 22.1 Å². The molecule has 0 saturated heterocycles. The molecule has 20 heavy (non-hydrogen) atoms. The van der Waals surface area contributed by atoms with E-state index < -0.39 is 18.0 Å². The van der Waals surface area contributed by atoms with Gasteiger partial charge in [0.15, 0.2) is 0 Å². The Labute approximate surface area is 117 Å². The number of nitrogens with one attached hydrogen (secondary N) is 2. The van der Waals surface area contributed by atoms with Crippen LogP contribution in [0.2, 0.25) is 0 Å². The van der Waals surface area contributed by atoms with Gasteiger partial charge in [-0.3, -0.25) is 14.9 Å². The highest BCUT2D eigenvalue weighted by molar-refractivity contribution is 5.77. The smallest absolute Gasteiger partial charge is 0.231 e. The van der Waals surface area contributed by atoms with Crippen molar-refractivity contribution in [3.63, 3.8) is 0 Å². The normalized spacial score (nSPS) is 13.2. The molecule has 0 bridgehead atoms. The number of rotatable bonds is 12. The van der Waals surface area contributed by atoms with Crippen molar-refractivity contribution in [1.29, 1.82) is 0 Å². The van der Waals surface area contributed by atoms with Gasteiger partial charge in [0.25, 0.3) is 0 Å². The second-order valence-corrected chi connectivity index (χ2v) is 4.44. The molecule has 0 rings (SSSR count). The van der Waals surface area contributed by atoms with Crippen LogP contribution >= 0.6 is 0 Å². The highest BCUT2D eigenvalue weighted by atomic mass is 16.2. The summed E-state index contributed by atoms with van der Waals surface area (Å²) in [6, 6.07) is -1.12. The van der Waals surface area contributed by atoms with Crippen LogP contribution in [-0.2, 0) is 19.2 Å². The molecule has 0 radical (unpaired) electrons. The first-order valence-corrected chi connectivity index (χ1v) is 6.44. The number of nitrogens with two attached hydrogens (primary N) is 2. The number of amides is 2. The Bertz CT molecular complexity index is 335. The number of aldehydes is 2. The Morgan fingerprint density at radius 1 is 1.15 bits per heavy atom. The van der Waals surface area contributed by atoms with Crippen molar-refractivity contribution >= 4 is 24.4 Å². The van der Waals surface area contributed by atoms with Crippen molar-refractivity contribution in [1.82, 2.24) is 10.6 Å². The van der Waals surface area contributed by atoms with Crippen LogP contribution in [-0.4, -0.2) is 49.6 Å². The van der Waals surface area contributed by atoms with E-state index in [0.717, 1.165) is 0 Å². The predicted molar refractivity (Wildman–Crippen MR) is 72.6 cm³/mol. The van der Waals surface area contributed by atoms with Gasteiger partial charge in [-0.25, -0.2) is 0 Å². The summed E-state index contributed by atoms with van der Waals surface area (Å²) < 4.78 is 0. The lowest BCUT2D eigenvalue weighted by atomic mass is 10.1. The fourth-order valence-electron chi connectivity index (χ4n) is 1.45. The Morgan fingerprint density at radius 2 is 1.85 bits per heavy atom. The van der Waals surface area contributed by atoms with Crippen LogP contribution in [0.1, 0.15) is 25.7 Å². The molecule has 0 spiro atoms. The van der Waals surface area contributed by atoms with Crippen molar-refractivity contribution < 1.29 is 19.2 Å². The Kier molecular flexibility index (Phi) is 10.1. The number of primary amides is 1. The number of carbonyl (C=O) groups excluding carboxylic acids is 4. The molecule has 6 N–H and O–H groups in total. The summed E-state index contributed by atoms with van der Waals surface area (Å²) in [5, 5.41) is 5.18. The average molecular weight is 286 g/mol. The van der Waals surface area contributed by atoms with Crippen molar-refractivity contribution in [3.8, 4) is 0 Å². The van der Waals surface area contributed by atoms with E-state index in [0.29, 0.717) is 38.3 Å². The maximum Gasteiger partial charge on any atom is 0.231 e. The zero-order chi connectivity index (χ0) is 15.4. The minimum atomic E-state index is -0.644. The molecule has 114 valence electrons. The van der Waals surface area contributed by atoms with Crippen LogP contribution in [0.4, 0.5) is 0 Å². The number of carbonyl (C=O) groups is 4. The van der Waals surface area contributed by atoms with E-state index in [4.69, 9.17) is 11.5 Å². The Hall–Kier alpha value is -1.80. The SMILES string of the molecule is NC(=O)CNC(C=O)CNC(=O)CCCCC(N)C=O. The molecule has 8 heteroatoms. The second-order valence-electron chi connectivity index (χ2n) is 4.44. The molecule has 0 aliphatic rings. The van der Waals surface area contributed by atoms with Crippen LogP contribution in [0.5, 0.6) is 0 Å². The molecule has 0 aliphatic carbocycles. The fraction of sp³-hybridized carbons (Fsp3) is 0.667. The monoisotopic (exact) mass is 286 g/mol. The zero-order valence-electron chi connectivity index (χ0n) is 11.3. The topological polar surface area (TPSA) is 144 Å². The molecule has 0 aromatic rings. The quantitative estimate of drug-likeness (QED) is 0.237. The summed E-state index contributed by atoms with van der Waals surface area (Å²) >= 11 is 0. The van der Waals surface area contributed by atoms with Crippen LogP contribution in [0.25, 0.3) is 0 Å². The number of unbranched alkanes of at least 4 members (excludes halogenated alkanes) is 1. The summed E-state index contributed by atoms with van der Waals surface area (Å²) in [5.74, 6) is -0.771. The predicted octanol–water partition coefficient (Wildman–Crippen LogP) is -2.17. The van der Waals surface area contributed by atoms with E-state index in [9.17, 15) is 19.2 Å². The molecule has 2 unspecified atom stereocenters. The minimum absolute atomic E-state index is 0.101. The fourth-order valence-corrected chi connectivity index (χ4v) is 1.45. The number of hydrogen-bond donors (Lipinski definition) is 4. The summed E-state index contributed by atoms with van der Waals surface area (Å²) in [4.78, 5) is 43.0. The van der Waals surface area contributed by atoms with E-state index in [1.54, 1.807) is 0 Å². The molecule has 0 aromatic heterocycles. The van der Waals surface area contributed by atoms with Crippen molar-refractivity contribution in [2.45, 2.75) is 37.8 Å². The standard InChI is InChI=1S/C12H22N4O4/c13-9(7-17)3-1-2-4-12(20)16-5-10(8-18)15-6-11(14)19/h7-10,15H,1-6,13H2,(H2,14,19)(H,16,20). The van der Waals surface area contributed by atoms with Gasteiger partial charge in [-0.2, -0.15) is 0 Å². The largest absolute Gasteiger partial charge is 0.369 e. The molecule has 0 aromatic carbocycles. The molecule has 0 fully saturated rings. The van der Waals surface area contributed by atoms with Crippen LogP contribution in [0, 0.1) is 0 Å². The maximum atomic E-state index is 11.5. The van der Waals surface area contributed by atoms with Crippen molar-refractivity contribution in [2.24, 2.45) is 11.5 Å². The zero-order valence-corrected chi connectivity index (χ0v) is 11.3. The first-order chi connectivity index (χ1) is 9.49. The first kappa shape index (κ1) is 18.2. The van der Waals surface area contributed by atoms with E-state index in [1.165, 1.54) is 0 Å². The van der Waals surface area contributed by atoms with E-state index in [-0.39, 0.29) is 19.0 Å². The van der Waals surface area contributed by atoms with Gasteiger partial charge in [-0.05, 0) is 12.8 Å². The summed E-state index contributed by atoms with van der Waals surface area (Å²) in [5.41, 5.74) is 10.3. The molecule has 0 heterocycles. The lowest BCUT2D eigenvalue weighted by Gasteiger charge is -2.12. The molecule has 8 nitrogen and oxygen atoms in total. The lowest BCUT2D eigenvalue weighted by Crippen LogP contribution is -2.45. The Morgan fingerprint density at radius 3 is 2.40 bits per heavy atom. The van der Waals surface area contributed by atoms with Gasteiger partial charge in [-0.15, -0.1) is 0 Å². The lowest BCUT2D eigenvalue weighted by molar-refractivity contribution is -0.121. The third-order valence-electron chi connectivity index (χ3n) is 2.59. The number of hydrogen-bond acceptors (Lipinski definition) is 6. The van der Waals surface area contributed by atoms with E-state index in [2.05, 4.69) is 10.6 Å². The summed E-state index contributed by atoms with van der Waals surface area (Å²) in [7, 11) is 0. The van der Waals surface area contributed by atoms with Gasteiger partial charge in [0, 0.05) is 13.0 Å². The van der Waals surface area contributed by atoms with Gasteiger partial charge in [0.05, 0.1) is 18.6 Å². The average Bonchev–Trinajstić information content (AvgIpc) is 2.43.